The summed E-state index contributed by atoms with van der Waals surface area (Å²) in [7, 11) is 0. The zero-order chi connectivity index (χ0) is 23.7. The summed E-state index contributed by atoms with van der Waals surface area (Å²) in [4.78, 5) is 31.3. The molecule has 0 radical (unpaired) electrons. The first-order valence-electron chi connectivity index (χ1n) is 11.9. The van der Waals surface area contributed by atoms with E-state index < -0.39 is 6.09 Å². The Hall–Kier alpha value is -3.40. The number of anilines is 1. The number of aromatic nitrogens is 4. The van der Waals surface area contributed by atoms with Crippen LogP contribution in [-0.4, -0.2) is 61.7 Å². The third-order valence-electron chi connectivity index (χ3n) is 6.81. The molecule has 2 aromatic heterocycles. The first-order chi connectivity index (χ1) is 16.5. The largest absolute Gasteiger partial charge is 0.465 e. The molecule has 0 aliphatic carbocycles. The summed E-state index contributed by atoms with van der Waals surface area (Å²) in [5, 5.41) is 17.2. The second kappa shape index (κ2) is 9.46. The van der Waals surface area contributed by atoms with Crippen LogP contribution in [0.4, 0.5) is 10.5 Å². The van der Waals surface area contributed by atoms with Crippen LogP contribution in [0.25, 0.3) is 11.0 Å². The number of amides is 2. The SMILES string of the molecule is C[C@H]1CCc2c(ccc3c2nc(CCn2cccn2)n3CC(=O)NC2CCOCC2)N1C(=O)O. The number of nitrogens with one attached hydrogen (secondary N) is 1. The van der Waals surface area contributed by atoms with Crippen LogP contribution in [-0.2, 0) is 35.5 Å². The van der Waals surface area contributed by atoms with Gasteiger partial charge in [0.25, 0.3) is 0 Å². The average molecular weight is 467 g/mol. The maximum Gasteiger partial charge on any atom is 0.412 e. The minimum Gasteiger partial charge on any atom is -0.465 e. The highest BCUT2D eigenvalue weighted by Crippen LogP contribution is 2.36. The standard InChI is InChI=1S/C24H30N6O4/c1-16-3-4-18-19(30(16)24(32)33)5-6-20-23(18)27-21(7-12-28-11-2-10-25-28)29(20)15-22(31)26-17-8-13-34-14-9-17/h2,5-6,10-11,16-17H,3-4,7-9,12-15H2,1H3,(H,26,31)(H,32,33)/t16-/m0/s1. The molecule has 4 heterocycles. The van der Waals surface area contributed by atoms with Crippen molar-refractivity contribution in [2.24, 2.45) is 0 Å². The number of carbonyl (C=O) groups is 2. The molecule has 10 heteroatoms. The van der Waals surface area contributed by atoms with Crippen molar-refractivity contribution in [1.82, 2.24) is 24.6 Å². The molecule has 1 fully saturated rings. The topological polar surface area (TPSA) is 115 Å². The van der Waals surface area contributed by atoms with Gasteiger partial charge in [0.05, 0.1) is 16.7 Å². The number of carboxylic acid groups (broad SMARTS) is 1. The molecule has 0 spiro atoms. The Labute approximate surface area is 197 Å². The Morgan fingerprint density at radius 1 is 1.24 bits per heavy atom. The Bertz CT molecular complexity index is 1180. The number of hydrogen-bond donors (Lipinski definition) is 2. The average Bonchev–Trinajstić information content (AvgIpc) is 3.46. The number of fused-ring (bicyclic) bond motifs is 3. The zero-order valence-electron chi connectivity index (χ0n) is 19.3. The molecule has 0 unspecified atom stereocenters. The summed E-state index contributed by atoms with van der Waals surface area (Å²) in [6.45, 7) is 4.06. The Kier molecular flexibility index (Phi) is 6.23. The number of aryl methyl sites for hydroxylation is 3. The molecule has 3 aromatic rings. The van der Waals surface area contributed by atoms with Gasteiger partial charge in [-0.2, -0.15) is 5.10 Å². The lowest BCUT2D eigenvalue weighted by Crippen LogP contribution is -2.41. The van der Waals surface area contributed by atoms with Gasteiger partial charge in [0.15, 0.2) is 0 Å². The second-order valence-electron chi connectivity index (χ2n) is 9.06. The van der Waals surface area contributed by atoms with Crippen molar-refractivity contribution in [2.45, 2.75) is 64.2 Å². The maximum atomic E-state index is 13.0. The van der Waals surface area contributed by atoms with E-state index in [-0.39, 0.29) is 24.5 Å². The van der Waals surface area contributed by atoms with Gasteiger partial charge in [-0.1, -0.05) is 0 Å². The predicted molar refractivity (Wildman–Crippen MR) is 126 cm³/mol. The van der Waals surface area contributed by atoms with Gasteiger partial charge in [-0.05, 0) is 50.8 Å². The lowest BCUT2D eigenvalue weighted by atomic mass is 9.96. The molecule has 5 rings (SSSR count). The Morgan fingerprint density at radius 3 is 2.79 bits per heavy atom. The highest BCUT2D eigenvalue weighted by atomic mass is 16.5. The fourth-order valence-corrected chi connectivity index (χ4v) is 5.04. The fraction of sp³-hybridized carbons (Fsp3) is 0.500. The van der Waals surface area contributed by atoms with Gasteiger partial charge in [-0.25, -0.2) is 9.78 Å². The van der Waals surface area contributed by atoms with Gasteiger partial charge in [-0.3, -0.25) is 14.4 Å². The van der Waals surface area contributed by atoms with E-state index in [0.717, 1.165) is 48.1 Å². The quantitative estimate of drug-likeness (QED) is 0.577. The molecule has 2 aliphatic heterocycles. The summed E-state index contributed by atoms with van der Waals surface area (Å²) in [5.74, 6) is 0.742. The van der Waals surface area contributed by atoms with Crippen molar-refractivity contribution in [3.63, 3.8) is 0 Å². The number of rotatable bonds is 6. The van der Waals surface area contributed by atoms with Crippen molar-refractivity contribution in [2.75, 3.05) is 18.1 Å². The van der Waals surface area contributed by atoms with Gasteiger partial charge in [0, 0.05) is 56.2 Å². The monoisotopic (exact) mass is 466 g/mol. The number of benzene rings is 1. The van der Waals surface area contributed by atoms with Crippen LogP contribution in [0, 0.1) is 0 Å². The summed E-state index contributed by atoms with van der Waals surface area (Å²) in [5.41, 5.74) is 3.26. The van der Waals surface area contributed by atoms with Crippen molar-refractivity contribution in [3.05, 3.63) is 42.0 Å². The van der Waals surface area contributed by atoms with E-state index >= 15 is 0 Å². The highest BCUT2D eigenvalue weighted by Gasteiger charge is 2.31. The van der Waals surface area contributed by atoms with E-state index in [9.17, 15) is 14.7 Å². The Morgan fingerprint density at radius 2 is 2.06 bits per heavy atom. The number of nitrogens with zero attached hydrogens (tertiary/aromatic N) is 5. The lowest BCUT2D eigenvalue weighted by Gasteiger charge is -2.33. The molecule has 0 saturated carbocycles. The van der Waals surface area contributed by atoms with E-state index in [2.05, 4.69) is 10.4 Å². The molecule has 2 aliphatic rings. The normalized spacial score (nSPS) is 18.7. The van der Waals surface area contributed by atoms with Crippen LogP contribution in [0.2, 0.25) is 0 Å². The van der Waals surface area contributed by atoms with Crippen molar-refractivity contribution >= 4 is 28.7 Å². The minimum absolute atomic E-state index is 0.0509. The molecule has 1 aromatic carbocycles. The third-order valence-corrected chi connectivity index (χ3v) is 6.81. The predicted octanol–water partition coefficient (Wildman–Crippen LogP) is 2.59. The molecule has 1 atom stereocenters. The second-order valence-corrected chi connectivity index (χ2v) is 9.06. The third kappa shape index (κ3) is 4.37. The molecule has 0 bridgehead atoms. The molecule has 2 amide bonds. The van der Waals surface area contributed by atoms with E-state index in [1.165, 1.54) is 4.90 Å². The maximum absolute atomic E-state index is 13.0. The van der Waals surface area contributed by atoms with Crippen LogP contribution < -0.4 is 10.2 Å². The van der Waals surface area contributed by atoms with E-state index in [1.807, 2.05) is 40.6 Å². The number of carbonyl (C=O) groups excluding carboxylic acids is 1. The van der Waals surface area contributed by atoms with Gasteiger partial charge >= 0.3 is 6.09 Å². The first kappa shape index (κ1) is 22.4. The number of hydrogen-bond acceptors (Lipinski definition) is 5. The fourth-order valence-electron chi connectivity index (χ4n) is 5.04. The van der Waals surface area contributed by atoms with Crippen LogP contribution in [0.1, 0.15) is 37.6 Å². The molecule has 180 valence electrons. The summed E-state index contributed by atoms with van der Waals surface area (Å²) < 4.78 is 9.21. The zero-order valence-corrected chi connectivity index (χ0v) is 19.3. The number of ether oxygens (including phenoxy) is 1. The van der Waals surface area contributed by atoms with Gasteiger partial charge in [0.2, 0.25) is 5.91 Å². The highest BCUT2D eigenvalue weighted by molar-refractivity contribution is 5.95. The van der Waals surface area contributed by atoms with Crippen LogP contribution >= 0.6 is 0 Å². The summed E-state index contributed by atoms with van der Waals surface area (Å²) >= 11 is 0. The molecular formula is C24H30N6O4. The molecule has 10 nitrogen and oxygen atoms in total. The smallest absolute Gasteiger partial charge is 0.412 e. The summed E-state index contributed by atoms with van der Waals surface area (Å²) in [6.07, 6.45) is 6.41. The van der Waals surface area contributed by atoms with Gasteiger partial charge in [0.1, 0.15) is 12.4 Å². The molecular weight excluding hydrogens is 436 g/mol. The van der Waals surface area contributed by atoms with Crippen molar-refractivity contribution in [3.8, 4) is 0 Å². The van der Waals surface area contributed by atoms with Crippen molar-refractivity contribution in [1.29, 1.82) is 0 Å². The molecule has 34 heavy (non-hydrogen) atoms. The number of imidazole rings is 1. The van der Waals surface area contributed by atoms with Crippen LogP contribution in [0.3, 0.4) is 0 Å². The van der Waals surface area contributed by atoms with Crippen LogP contribution in [0.15, 0.2) is 30.6 Å². The first-order valence-corrected chi connectivity index (χ1v) is 11.9. The van der Waals surface area contributed by atoms with Crippen molar-refractivity contribution < 1.29 is 19.4 Å². The van der Waals surface area contributed by atoms with Gasteiger partial charge in [-0.15, -0.1) is 0 Å². The Balaban J connectivity index is 1.49. The lowest BCUT2D eigenvalue weighted by molar-refractivity contribution is -0.122. The summed E-state index contributed by atoms with van der Waals surface area (Å²) in [6, 6.07) is 5.67. The van der Waals surface area contributed by atoms with Gasteiger partial charge < -0.3 is 19.7 Å². The minimum atomic E-state index is -0.957. The molecule has 2 N–H and O–H groups in total. The van der Waals surface area contributed by atoms with E-state index in [1.54, 1.807) is 6.20 Å². The van der Waals surface area contributed by atoms with E-state index in [4.69, 9.17) is 9.72 Å². The van der Waals surface area contributed by atoms with Crippen LogP contribution in [0.5, 0.6) is 0 Å². The molecule has 1 saturated heterocycles. The van der Waals surface area contributed by atoms with E-state index in [0.29, 0.717) is 31.9 Å².